The van der Waals surface area contributed by atoms with Crippen molar-refractivity contribution in [3.8, 4) is 0 Å². The minimum Gasteiger partial charge on any atom is -0.433 e. The Balaban J connectivity index is 0.00000400. The Kier molecular flexibility index (Phi) is 11.3. The van der Waals surface area contributed by atoms with Crippen molar-refractivity contribution >= 4 is 35.3 Å². The number of cyclic esters (lactones) is 1. The Morgan fingerprint density at radius 3 is 2.71 bits per heavy atom. The van der Waals surface area contributed by atoms with E-state index in [1.807, 2.05) is 30.3 Å². The quantitative estimate of drug-likeness (QED) is 0.349. The van der Waals surface area contributed by atoms with Gasteiger partial charge in [0.15, 0.2) is 0 Å². The maximum absolute atomic E-state index is 13.3. The van der Waals surface area contributed by atoms with Crippen molar-refractivity contribution in [2.75, 3.05) is 6.54 Å². The molecule has 0 bridgehead atoms. The number of carbonyl (C=O) groups excluding carboxylic acids is 4. The van der Waals surface area contributed by atoms with Gasteiger partial charge in [-0.3, -0.25) is 19.2 Å². The largest absolute Gasteiger partial charge is 0.433 e. The van der Waals surface area contributed by atoms with Gasteiger partial charge in [0.25, 0.3) is 0 Å². The number of hydrogen-bond donors (Lipinski definition) is 2. The van der Waals surface area contributed by atoms with Crippen molar-refractivity contribution in [2.45, 2.75) is 63.6 Å². The fraction of sp³-hybridized carbons (Fsp3) is 0.407. The molecule has 4 atom stereocenters. The minimum atomic E-state index is -0.919. The Hall–Kier alpha value is -2.33. The summed E-state index contributed by atoms with van der Waals surface area (Å²) in [7, 11) is 0. The van der Waals surface area contributed by atoms with Crippen LogP contribution in [0.4, 0.5) is 0 Å². The van der Waals surface area contributed by atoms with Crippen LogP contribution in [0.2, 0.25) is 5.02 Å². The molecule has 2 saturated heterocycles. The van der Waals surface area contributed by atoms with Crippen LogP contribution in [0.25, 0.3) is 0 Å². The van der Waals surface area contributed by atoms with Crippen LogP contribution < -0.4 is 10.6 Å². The number of hydrogen-bond acceptors (Lipinski definition) is 6. The average Bonchev–Trinajstić information content (AvgIpc) is 3.26. The number of nitrogens with one attached hydrogen (secondary N) is 2. The van der Waals surface area contributed by atoms with Crippen LogP contribution in [0.5, 0.6) is 0 Å². The molecule has 2 unspecified atom stereocenters. The predicted molar refractivity (Wildman–Crippen MR) is 134 cm³/mol. The molecule has 2 aromatic carbocycles. The van der Waals surface area contributed by atoms with Crippen LogP contribution in [0, 0.1) is 6.07 Å². The van der Waals surface area contributed by atoms with Crippen molar-refractivity contribution in [3.05, 3.63) is 70.7 Å². The van der Waals surface area contributed by atoms with E-state index >= 15 is 0 Å². The summed E-state index contributed by atoms with van der Waals surface area (Å²) >= 11 is 5.91. The van der Waals surface area contributed by atoms with E-state index < -0.39 is 36.3 Å². The van der Waals surface area contributed by atoms with Gasteiger partial charge in [-0.1, -0.05) is 40.9 Å². The molecular formula is C27H29ClN3O6Y-. The van der Waals surface area contributed by atoms with Crippen molar-refractivity contribution < 1.29 is 61.4 Å². The average molecular weight is 616 g/mol. The minimum absolute atomic E-state index is 0. The first-order valence-corrected chi connectivity index (χ1v) is 12.6. The van der Waals surface area contributed by atoms with E-state index in [4.69, 9.17) is 21.1 Å². The number of piperidine rings is 1. The molecule has 9 nitrogen and oxygen atoms in total. The second-order valence-electron chi connectivity index (χ2n) is 9.14. The summed E-state index contributed by atoms with van der Waals surface area (Å²) in [5, 5.41) is 5.82. The maximum Gasteiger partial charge on any atom is 0.310 e. The molecule has 2 aromatic rings. The van der Waals surface area contributed by atoms with Crippen molar-refractivity contribution in [1.29, 1.82) is 0 Å². The van der Waals surface area contributed by atoms with E-state index in [1.54, 1.807) is 13.0 Å². The summed E-state index contributed by atoms with van der Waals surface area (Å²) in [6.07, 6.45) is 1.05. The number of benzene rings is 2. The molecule has 0 aliphatic carbocycles. The summed E-state index contributed by atoms with van der Waals surface area (Å²) in [6, 6.07) is 14.5. The zero-order valence-electron chi connectivity index (χ0n) is 21.0. The van der Waals surface area contributed by atoms with Gasteiger partial charge in [-0.25, -0.2) is 0 Å². The summed E-state index contributed by atoms with van der Waals surface area (Å²) in [6.45, 7) is 2.19. The molecule has 2 heterocycles. The van der Waals surface area contributed by atoms with E-state index in [-0.39, 0.29) is 57.6 Å². The molecule has 0 spiro atoms. The van der Waals surface area contributed by atoms with Crippen LogP contribution in [0.1, 0.15) is 48.5 Å². The molecule has 4 rings (SSSR count). The maximum atomic E-state index is 13.3. The van der Waals surface area contributed by atoms with Gasteiger partial charge in [-0.05, 0) is 31.7 Å². The standard InChI is InChI=1S/C27H29ClN3O6.Y/c1-17(29-24(33)19-10-7-11-20(28)14-19)26(35)31-13-6-5-12-22(31)25(34)30-21-15-23(32)37-27(21)36-16-18-8-3-2-4-9-18;/h2-4,7-10,14,17,21-22,27H,5-6,12-13,15-16H2,1H3,(H,29,33)(H,30,34);/q-1;/t17-,21?,22-,27?;/m0./s1. The molecule has 2 fully saturated rings. The molecule has 199 valence electrons. The number of rotatable bonds is 8. The third-order valence-electron chi connectivity index (χ3n) is 6.38. The van der Waals surface area contributed by atoms with Gasteiger partial charge in [0.1, 0.15) is 18.1 Å². The Bertz CT molecular complexity index is 1150. The second kappa shape index (κ2) is 14.2. The first-order valence-electron chi connectivity index (χ1n) is 12.3. The smallest absolute Gasteiger partial charge is 0.310 e. The van der Waals surface area contributed by atoms with E-state index in [1.165, 1.54) is 17.0 Å². The fourth-order valence-corrected chi connectivity index (χ4v) is 4.65. The Morgan fingerprint density at radius 2 is 1.97 bits per heavy atom. The van der Waals surface area contributed by atoms with Gasteiger partial charge < -0.3 is 25.0 Å². The molecule has 11 heteroatoms. The monoisotopic (exact) mass is 615 g/mol. The SMILES string of the molecule is C[C@H](NC(=O)c1cc[c-]c(Cl)c1)C(=O)N1CCCC[C@H]1C(=O)NC1CC(=O)OC1OCc1ccccc1.[Y]. The summed E-state index contributed by atoms with van der Waals surface area (Å²) in [4.78, 5) is 52.6. The van der Waals surface area contributed by atoms with Crippen molar-refractivity contribution in [1.82, 2.24) is 15.5 Å². The third kappa shape index (κ3) is 7.85. The van der Waals surface area contributed by atoms with Crippen LogP contribution in [0.3, 0.4) is 0 Å². The fourth-order valence-electron chi connectivity index (χ4n) is 4.47. The van der Waals surface area contributed by atoms with Crippen LogP contribution in [-0.4, -0.2) is 59.6 Å². The van der Waals surface area contributed by atoms with Gasteiger partial charge in [-0.2, -0.15) is 18.2 Å². The molecule has 2 N–H and O–H groups in total. The van der Waals surface area contributed by atoms with E-state index in [0.29, 0.717) is 23.6 Å². The molecule has 0 saturated carbocycles. The van der Waals surface area contributed by atoms with Crippen molar-refractivity contribution in [3.63, 3.8) is 0 Å². The summed E-state index contributed by atoms with van der Waals surface area (Å²) < 4.78 is 11.0. The number of amides is 3. The molecule has 1 radical (unpaired) electrons. The van der Waals surface area contributed by atoms with Gasteiger partial charge in [0.2, 0.25) is 24.0 Å². The molecule has 0 aromatic heterocycles. The summed E-state index contributed by atoms with van der Waals surface area (Å²) in [5.74, 6) is -1.66. The Labute approximate surface area is 251 Å². The molecular weight excluding hydrogens is 587 g/mol. The van der Waals surface area contributed by atoms with E-state index in [2.05, 4.69) is 16.7 Å². The van der Waals surface area contributed by atoms with Crippen LogP contribution in [0.15, 0.2) is 48.5 Å². The number of ether oxygens (including phenoxy) is 2. The zero-order chi connectivity index (χ0) is 26.4. The van der Waals surface area contributed by atoms with E-state index in [0.717, 1.165) is 18.4 Å². The number of esters is 1. The van der Waals surface area contributed by atoms with Gasteiger partial charge in [0.05, 0.1) is 13.0 Å². The summed E-state index contributed by atoms with van der Waals surface area (Å²) in [5.41, 5.74) is 1.22. The van der Waals surface area contributed by atoms with E-state index in [9.17, 15) is 19.2 Å². The molecule has 3 amide bonds. The molecule has 2 aliphatic heterocycles. The molecule has 2 aliphatic rings. The van der Waals surface area contributed by atoms with Crippen LogP contribution >= 0.6 is 11.6 Å². The zero-order valence-corrected chi connectivity index (χ0v) is 24.6. The second-order valence-corrected chi connectivity index (χ2v) is 9.54. The van der Waals surface area contributed by atoms with Crippen molar-refractivity contribution in [2.24, 2.45) is 0 Å². The van der Waals surface area contributed by atoms with Gasteiger partial charge in [-0.15, -0.1) is 17.7 Å². The number of halogens is 1. The van der Waals surface area contributed by atoms with Gasteiger partial charge >= 0.3 is 5.97 Å². The first-order chi connectivity index (χ1) is 17.8. The number of likely N-dealkylation sites (tertiary alicyclic amines) is 1. The third-order valence-corrected chi connectivity index (χ3v) is 6.60. The first kappa shape index (κ1) is 30.2. The normalized spacial score (nSPS) is 21.6. The topological polar surface area (TPSA) is 114 Å². The van der Waals surface area contributed by atoms with Crippen LogP contribution in [-0.2, 0) is 63.2 Å². The Morgan fingerprint density at radius 1 is 1.21 bits per heavy atom. The number of carbonyl (C=O) groups is 4. The number of nitrogens with zero attached hydrogens (tertiary/aromatic N) is 1. The molecule has 38 heavy (non-hydrogen) atoms. The predicted octanol–water partition coefficient (Wildman–Crippen LogP) is 2.61. The van der Waals surface area contributed by atoms with Gasteiger partial charge in [0, 0.05) is 39.3 Å².